The van der Waals surface area contributed by atoms with Crippen LogP contribution in [0, 0.1) is 17.8 Å². The Morgan fingerprint density at radius 1 is 1.23 bits per heavy atom. The number of nitrogens with one attached hydrogen (secondary N) is 3. The van der Waals surface area contributed by atoms with Crippen LogP contribution in [0.25, 0.3) is 0 Å². The van der Waals surface area contributed by atoms with Crippen LogP contribution in [0.5, 0.6) is 0 Å². The van der Waals surface area contributed by atoms with E-state index in [0.29, 0.717) is 24.4 Å². The maximum Gasteiger partial charge on any atom is 0.407 e. The number of hydrogen-bond acceptors (Lipinski definition) is 5. The molecule has 0 spiro atoms. The summed E-state index contributed by atoms with van der Waals surface area (Å²) in [6, 6.07) is 9.52. The largest absolute Gasteiger partial charge is 0.445 e. The summed E-state index contributed by atoms with van der Waals surface area (Å²) in [4.78, 5) is 24.0. The molecule has 1 aliphatic carbocycles. The highest BCUT2D eigenvalue weighted by molar-refractivity contribution is 5.82. The third-order valence-electron chi connectivity index (χ3n) is 5.33. The van der Waals surface area contributed by atoms with Crippen LogP contribution in [0.3, 0.4) is 0 Å². The van der Waals surface area contributed by atoms with Gasteiger partial charge in [0.1, 0.15) is 13.2 Å². The number of ether oxygens (including phenoxy) is 2. The zero-order valence-electron chi connectivity index (χ0n) is 15.1. The van der Waals surface area contributed by atoms with E-state index < -0.39 is 6.09 Å². The standard InChI is InChI=1S/C19H27N3O4/c1-25-12-16-15-9-20-8-14(15)7-17(16)22-18(23)10-21-19(24)26-11-13-5-3-2-4-6-13/h2-6,14-17,20H,7-12H2,1H3,(H,21,24)(H,22,23). The molecule has 1 aliphatic heterocycles. The number of amides is 2. The normalized spacial score (nSPS) is 27.0. The number of carbonyl (C=O) groups excluding carboxylic acids is 2. The third kappa shape index (κ3) is 4.74. The van der Waals surface area contributed by atoms with Crippen LogP contribution >= 0.6 is 0 Å². The number of fused-ring (bicyclic) bond motifs is 1. The van der Waals surface area contributed by atoms with Crippen LogP contribution < -0.4 is 16.0 Å². The summed E-state index contributed by atoms with van der Waals surface area (Å²) < 4.78 is 10.5. The molecule has 2 aliphatic rings. The van der Waals surface area contributed by atoms with Gasteiger partial charge in [0.05, 0.1) is 6.61 Å². The van der Waals surface area contributed by atoms with Crippen LogP contribution in [0.2, 0.25) is 0 Å². The van der Waals surface area contributed by atoms with E-state index in [2.05, 4.69) is 16.0 Å². The number of carbonyl (C=O) groups is 2. The first kappa shape index (κ1) is 18.7. The molecule has 142 valence electrons. The van der Waals surface area contributed by atoms with Gasteiger partial charge in [-0.3, -0.25) is 4.79 Å². The van der Waals surface area contributed by atoms with E-state index in [9.17, 15) is 9.59 Å². The van der Waals surface area contributed by atoms with Crippen molar-refractivity contribution in [1.82, 2.24) is 16.0 Å². The molecule has 1 saturated carbocycles. The Balaban J connectivity index is 1.40. The molecule has 2 amide bonds. The summed E-state index contributed by atoms with van der Waals surface area (Å²) in [5, 5.41) is 8.97. The lowest BCUT2D eigenvalue weighted by molar-refractivity contribution is -0.121. The van der Waals surface area contributed by atoms with Crippen molar-refractivity contribution in [2.24, 2.45) is 17.8 Å². The van der Waals surface area contributed by atoms with Crippen LogP contribution in [0.4, 0.5) is 4.79 Å². The number of benzene rings is 1. The molecule has 0 bridgehead atoms. The van der Waals surface area contributed by atoms with Crippen molar-refractivity contribution in [3.05, 3.63) is 35.9 Å². The first-order chi connectivity index (χ1) is 12.7. The van der Waals surface area contributed by atoms with Crippen molar-refractivity contribution >= 4 is 12.0 Å². The second-order valence-electron chi connectivity index (χ2n) is 7.03. The lowest BCUT2D eigenvalue weighted by Crippen LogP contribution is -2.45. The van der Waals surface area contributed by atoms with Gasteiger partial charge < -0.3 is 25.4 Å². The molecule has 7 nitrogen and oxygen atoms in total. The molecule has 1 heterocycles. The Labute approximate surface area is 153 Å². The monoisotopic (exact) mass is 361 g/mol. The highest BCUT2D eigenvalue weighted by atomic mass is 16.5. The quantitative estimate of drug-likeness (QED) is 0.672. The number of methoxy groups -OCH3 is 1. The van der Waals surface area contributed by atoms with Gasteiger partial charge in [0.15, 0.2) is 0 Å². The van der Waals surface area contributed by atoms with Gasteiger partial charge in [0.2, 0.25) is 5.91 Å². The maximum absolute atomic E-state index is 12.2. The van der Waals surface area contributed by atoms with Crippen LogP contribution in [0.15, 0.2) is 30.3 Å². The first-order valence-corrected chi connectivity index (χ1v) is 9.11. The number of alkyl carbamates (subject to hydrolysis) is 1. The Kier molecular flexibility index (Phi) is 6.46. The molecule has 0 radical (unpaired) electrons. The fraction of sp³-hybridized carbons (Fsp3) is 0.579. The van der Waals surface area contributed by atoms with Gasteiger partial charge in [-0.15, -0.1) is 0 Å². The van der Waals surface area contributed by atoms with Crippen LogP contribution in [0.1, 0.15) is 12.0 Å². The summed E-state index contributed by atoms with van der Waals surface area (Å²) in [7, 11) is 1.69. The molecule has 3 N–H and O–H groups in total. The smallest absolute Gasteiger partial charge is 0.407 e. The fourth-order valence-corrected chi connectivity index (χ4v) is 4.09. The Hall–Kier alpha value is -2.12. The first-order valence-electron chi connectivity index (χ1n) is 9.11. The Morgan fingerprint density at radius 2 is 2.04 bits per heavy atom. The van der Waals surface area contributed by atoms with Gasteiger partial charge in [-0.25, -0.2) is 4.79 Å². The topological polar surface area (TPSA) is 88.7 Å². The van der Waals surface area contributed by atoms with Crippen molar-refractivity contribution in [1.29, 1.82) is 0 Å². The summed E-state index contributed by atoms with van der Waals surface area (Å²) in [6.07, 6.45) is 0.362. The van der Waals surface area contributed by atoms with Crippen molar-refractivity contribution in [3.8, 4) is 0 Å². The fourth-order valence-electron chi connectivity index (χ4n) is 4.09. The van der Waals surface area contributed by atoms with E-state index in [1.165, 1.54) is 0 Å². The molecule has 0 aromatic heterocycles. The van der Waals surface area contributed by atoms with Gasteiger partial charge >= 0.3 is 6.09 Å². The average molecular weight is 361 g/mol. The van der Waals surface area contributed by atoms with Gasteiger partial charge in [0, 0.05) is 19.1 Å². The highest BCUT2D eigenvalue weighted by Crippen LogP contribution is 2.39. The van der Waals surface area contributed by atoms with E-state index >= 15 is 0 Å². The zero-order valence-corrected chi connectivity index (χ0v) is 15.1. The lowest BCUT2D eigenvalue weighted by atomic mass is 9.92. The van der Waals surface area contributed by atoms with Crippen LogP contribution in [-0.2, 0) is 20.9 Å². The predicted molar refractivity (Wildman–Crippen MR) is 96.4 cm³/mol. The Morgan fingerprint density at radius 3 is 2.81 bits per heavy atom. The van der Waals surface area contributed by atoms with Gasteiger partial charge in [-0.1, -0.05) is 30.3 Å². The maximum atomic E-state index is 12.2. The van der Waals surface area contributed by atoms with Crippen LogP contribution in [-0.4, -0.2) is 51.4 Å². The van der Waals surface area contributed by atoms with Gasteiger partial charge in [-0.05, 0) is 36.9 Å². The lowest BCUT2D eigenvalue weighted by Gasteiger charge is -2.24. The van der Waals surface area contributed by atoms with E-state index in [0.717, 1.165) is 25.1 Å². The molecular formula is C19H27N3O4. The van der Waals surface area contributed by atoms with E-state index in [1.54, 1.807) is 7.11 Å². The second kappa shape index (κ2) is 9.00. The molecular weight excluding hydrogens is 334 g/mol. The van der Waals surface area contributed by atoms with Crippen molar-refractivity contribution in [2.45, 2.75) is 19.1 Å². The average Bonchev–Trinajstić information content (AvgIpc) is 3.22. The zero-order chi connectivity index (χ0) is 18.4. The molecule has 1 saturated heterocycles. The SMILES string of the molecule is COCC1C(NC(=O)CNC(=O)OCc2ccccc2)CC2CNCC21. The minimum atomic E-state index is -0.593. The number of hydrogen-bond donors (Lipinski definition) is 3. The molecule has 26 heavy (non-hydrogen) atoms. The third-order valence-corrected chi connectivity index (χ3v) is 5.33. The molecule has 2 fully saturated rings. The molecule has 4 atom stereocenters. The van der Waals surface area contributed by atoms with Gasteiger partial charge in [0.25, 0.3) is 0 Å². The highest BCUT2D eigenvalue weighted by Gasteiger charge is 2.45. The van der Waals surface area contributed by atoms with E-state index in [4.69, 9.17) is 9.47 Å². The molecule has 1 aromatic rings. The predicted octanol–water partition coefficient (Wildman–Crippen LogP) is 0.900. The molecule has 4 unspecified atom stereocenters. The molecule has 3 rings (SSSR count). The minimum Gasteiger partial charge on any atom is -0.445 e. The summed E-state index contributed by atoms with van der Waals surface area (Å²) in [6.45, 7) is 2.72. The number of rotatable bonds is 7. The van der Waals surface area contributed by atoms with E-state index in [-0.39, 0.29) is 25.1 Å². The molecule has 1 aromatic carbocycles. The van der Waals surface area contributed by atoms with Crippen molar-refractivity contribution < 1.29 is 19.1 Å². The molecule has 7 heteroatoms. The van der Waals surface area contributed by atoms with Crippen molar-refractivity contribution in [3.63, 3.8) is 0 Å². The summed E-state index contributed by atoms with van der Waals surface area (Å²) in [5.74, 6) is 1.25. The van der Waals surface area contributed by atoms with Crippen molar-refractivity contribution in [2.75, 3.05) is 33.4 Å². The summed E-state index contributed by atoms with van der Waals surface area (Å²) in [5.41, 5.74) is 0.903. The summed E-state index contributed by atoms with van der Waals surface area (Å²) >= 11 is 0. The minimum absolute atomic E-state index is 0.0859. The Bertz CT molecular complexity index is 610. The van der Waals surface area contributed by atoms with Gasteiger partial charge in [-0.2, -0.15) is 0 Å². The van der Waals surface area contributed by atoms with E-state index in [1.807, 2.05) is 30.3 Å². The second-order valence-corrected chi connectivity index (χ2v) is 7.03.